The molecule has 2 unspecified atom stereocenters. The molecule has 0 aromatic heterocycles. The van der Waals surface area contributed by atoms with Gasteiger partial charge in [-0.3, -0.25) is 4.79 Å². The summed E-state index contributed by atoms with van der Waals surface area (Å²) in [7, 11) is 0. The SMILES string of the molecule is CC1=C2CC3C=CC2(CNC1=O)O3. The molecule has 0 saturated carbocycles. The molecule has 0 aromatic carbocycles. The molecule has 1 N–H and O–H groups in total. The number of carbonyl (C=O) groups excluding carboxylic acids is 1. The number of hydrogen-bond acceptors (Lipinski definition) is 2. The lowest BCUT2D eigenvalue weighted by molar-refractivity contribution is -0.119. The Bertz CT molecular complexity index is 356. The van der Waals surface area contributed by atoms with Gasteiger partial charge in [-0.25, -0.2) is 0 Å². The van der Waals surface area contributed by atoms with Crippen molar-refractivity contribution in [1.82, 2.24) is 5.32 Å². The Morgan fingerprint density at radius 3 is 3.31 bits per heavy atom. The van der Waals surface area contributed by atoms with Gasteiger partial charge in [0.05, 0.1) is 12.6 Å². The van der Waals surface area contributed by atoms with E-state index in [4.69, 9.17) is 4.74 Å². The van der Waals surface area contributed by atoms with Crippen LogP contribution in [0.5, 0.6) is 0 Å². The van der Waals surface area contributed by atoms with Gasteiger partial charge in [0.2, 0.25) is 5.91 Å². The molecule has 0 aliphatic carbocycles. The number of amides is 1. The molecular weight excluding hydrogens is 166 g/mol. The smallest absolute Gasteiger partial charge is 0.247 e. The van der Waals surface area contributed by atoms with Crippen LogP contribution in [0.3, 0.4) is 0 Å². The van der Waals surface area contributed by atoms with Gasteiger partial charge in [-0.1, -0.05) is 6.08 Å². The third-order valence-electron chi connectivity index (χ3n) is 3.16. The lowest BCUT2D eigenvalue weighted by Gasteiger charge is -2.30. The minimum atomic E-state index is -0.275. The van der Waals surface area contributed by atoms with Gasteiger partial charge in [0.1, 0.15) is 5.60 Å². The van der Waals surface area contributed by atoms with Crippen LogP contribution in [-0.4, -0.2) is 24.2 Å². The zero-order chi connectivity index (χ0) is 9.05. The van der Waals surface area contributed by atoms with Crippen molar-refractivity contribution in [1.29, 1.82) is 0 Å². The van der Waals surface area contributed by atoms with E-state index in [9.17, 15) is 4.79 Å². The highest BCUT2D eigenvalue weighted by Crippen LogP contribution is 2.45. The van der Waals surface area contributed by atoms with Crippen molar-refractivity contribution in [3.8, 4) is 0 Å². The topological polar surface area (TPSA) is 38.3 Å². The first kappa shape index (κ1) is 7.33. The summed E-state index contributed by atoms with van der Waals surface area (Å²) in [6.07, 6.45) is 5.28. The molecule has 13 heavy (non-hydrogen) atoms. The molecule has 1 spiro atoms. The van der Waals surface area contributed by atoms with Crippen molar-refractivity contribution in [2.24, 2.45) is 0 Å². The standard InChI is InChI=1S/C10H11NO2/c1-6-8-4-7-2-3-10(8,13-7)5-11-9(6)12/h2-3,7H,4-5H2,1H3,(H,11,12). The van der Waals surface area contributed by atoms with Gasteiger partial charge >= 0.3 is 0 Å². The first-order valence-electron chi connectivity index (χ1n) is 4.57. The van der Waals surface area contributed by atoms with E-state index in [0.29, 0.717) is 6.54 Å². The molecule has 3 nitrogen and oxygen atoms in total. The van der Waals surface area contributed by atoms with Gasteiger partial charge in [0.25, 0.3) is 0 Å². The van der Waals surface area contributed by atoms with E-state index in [0.717, 1.165) is 12.0 Å². The van der Waals surface area contributed by atoms with Crippen LogP contribution in [0.1, 0.15) is 13.3 Å². The van der Waals surface area contributed by atoms with Gasteiger partial charge in [-0.15, -0.1) is 0 Å². The predicted molar refractivity (Wildman–Crippen MR) is 47.1 cm³/mol. The number of carbonyl (C=O) groups is 1. The van der Waals surface area contributed by atoms with Crippen molar-refractivity contribution in [3.05, 3.63) is 23.3 Å². The summed E-state index contributed by atoms with van der Waals surface area (Å²) < 4.78 is 5.80. The third-order valence-corrected chi connectivity index (χ3v) is 3.16. The van der Waals surface area contributed by atoms with Gasteiger partial charge in [-0.2, -0.15) is 0 Å². The van der Waals surface area contributed by atoms with E-state index in [2.05, 4.69) is 17.5 Å². The molecule has 3 aliphatic rings. The second-order valence-electron chi connectivity index (χ2n) is 3.90. The number of fused-ring (bicyclic) bond motifs is 1. The lowest BCUT2D eigenvalue weighted by atomic mass is 9.83. The van der Waals surface area contributed by atoms with E-state index in [1.165, 1.54) is 5.57 Å². The fraction of sp³-hybridized carbons (Fsp3) is 0.500. The van der Waals surface area contributed by atoms with Crippen molar-refractivity contribution in [2.75, 3.05) is 6.54 Å². The van der Waals surface area contributed by atoms with Crippen molar-refractivity contribution in [3.63, 3.8) is 0 Å². The molecule has 3 heterocycles. The highest BCUT2D eigenvalue weighted by atomic mass is 16.5. The van der Waals surface area contributed by atoms with E-state index >= 15 is 0 Å². The molecule has 2 bridgehead atoms. The van der Waals surface area contributed by atoms with Crippen molar-refractivity contribution < 1.29 is 9.53 Å². The number of rotatable bonds is 0. The number of hydrogen-bond donors (Lipinski definition) is 1. The fourth-order valence-corrected chi connectivity index (χ4v) is 2.43. The molecular formula is C10H11NO2. The zero-order valence-corrected chi connectivity index (χ0v) is 7.46. The molecule has 1 fully saturated rings. The predicted octanol–water partition coefficient (Wildman–Crippen LogP) is 0.530. The highest BCUT2D eigenvalue weighted by molar-refractivity contribution is 5.95. The summed E-state index contributed by atoms with van der Waals surface area (Å²) in [6, 6.07) is 0. The largest absolute Gasteiger partial charge is 0.357 e. The average Bonchev–Trinajstić information content (AvgIpc) is 2.68. The molecule has 0 radical (unpaired) electrons. The van der Waals surface area contributed by atoms with Crippen molar-refractivity contribution >= 4 is 5.91 Å². The first-order chi connectivity index (χ1) is 6.21. The minimum absolute atomic E-state index is 0.0603. The van der Waals surface area contributed by atoms with Crippen molar-refractivity contribution in [2.45, 2.75) is 25.0 Å². The molecule has 3 rings (SSSR count). The Balaban J connectivity index is 2.18. The third kappa shape index (κ3) is 0.753. The maximum atomic E-state index is 11.4. The van der Waals surface area contributed by atoms with E-state index < -0.39 is 0 Å². The monoisotopic (exact) mass is 177 g/mol. The Labute approximate surface area is 76.5 Å². The van der Waals surface area contributed by atoms with Gasteiger partial charge in [-0.05, 0) is 18.6 Å². The van der Waals surface area contributed by atoms with E-state index in [1.807, 2.05) is 6.92 Å². The Morgan fingerprint density at radius 1 is 1.69 bits per heavy atom. The summed E-state index contributed by atoms with van der Waals surface area (Å²) in [6.45, 7) is 2.48. The first-order valence-corrected chi connectivity index (χ1v) is 4.57. The van der Waals surface area contributed by atoms with Crippen LogP contribution in [0.2, 0.25) is 0 Å². The Hall–Kier alpha value is -1.09. The lowest BCUT2D eigenvalue weighted by Crippen LogP contribution is -2.46. The van der Waals surface area contributed by atoms with E-state index in [-0.39, 0.29) is 17.6 Å². The van der Waals surface area contributed by atoms with Crippen LogP contribution >= 0.6 is 0 Å². The molecule has 2 atom stereocenters. The Kier molecular flexibility index (Phi) is 1.15. The maximum absolute atomic E-state index is 11.4. The molecule has 0 aromatic rings. The minimum Gasteiger partial charge on any atom is -0.357 e. The molecule has 1 amide bonds. The molecule has 3 aliphatic heterocycles. The number of ether oxygens (including phenoxy) is 1. The van der Waals surface area contributed by atoms with Crippen LogP contribution in [0.4, 0.5) is 0 Å². The van der Waals surface area contributed by atoms with E-state index in [1.54, 1.807) is 0 Å². The average molecular weight is 177 g/mol. The van der Waals surface area contributed by atoms with Gasteiger partial charge < -0.3 is 10.1 Å². The van der Waals surface area contributed by atoms with Crippen LogP contribution in [0, 0.1) is 0 Å². The quantitative estimate of drug-likeness (QED) is 0.548. The summed E-state index contributed by atoms with van der Waals surface area (Å²) in [5.74, 6) is 0.0603. The summed E-state index contributed by atoms with van der Waals surface area (Å²) in [5, 5.41) is 2.85. The number of nitrogens with one attached hydrogen (secondary N) is 1. The van der Waals surface area contributed by atoms with Crippen LogP contribution < -0.4 is 5.32 Å². The summed E-state index contributed by atoms with van der Waals surface area (Å²) in [5.41, 5.74) is 1.75. The zero-order valence-electron chi connectivity index (χ0n) is 7.46. The normalized spacial score (nSPS) is 41.0. The molecule has 68 valence electrons. The second-order valence-corrected chi connectivity index (χ2v) is 3.90. The van der Waals surface area contributed by atoms with Crippen LogP contribution in [-0.2, 0) is 9.53 Å². The van der Waals surface area contributed by atoms with Crippen LogP contribution in [0.15, 0.2) is 23.3 Å². The maximum Gasteiger partial charge on any atom is 0.247 e. The van der Waals surface area contributed by atoms with Gasteiger partial charge in [0, 0.05) is 12.0 Å². The fourth-order valence-electron chi connectivity index (χ4n) is 2.43. The Morgan fingerprint density at radius 2 is 2.54 bits per heavy atom. The second kappa shape index (κ2) is 2.04. The van der Waals surface area contributed by atoms with Crippen LogP contribution in [0.25, 0.3) is 0 Å². The molecule has 3 heteroatoms. The summed E-state index contributed by atoms with van der Waals surface area (Å²) in [4.78, 5) is 11.4. The summed E-state index contributed by atoms with van der Waals surface area (Å²) >= 11 is 0. The highest BCUT2D eigenvalue weighted by Gasteiger charge is 2.49. The van der Waals surface area contributed by atoms with Gasteiger partial charge in [0.15, 0.2) is 0 Å². The molecule has 1 saturated heterocycles.